The molecule has 0 unspecified atom stereocenters. The van der Waals surface area contributed by atoms with Gasteiger partial charge in [0, 0.05) is 47.4 Å². The van der Waals surface area contributed by atoms with Crippen LogP contribution in [0.3, 0.4) is 0 Å². The molecular formula is C20H21BrN4O2. The standard InChI is InChI=1S/C20H21BrN4O2/c21-15-11-17(19(24-13-15)25-7-9-27-10-8-25)20(26)22-6-5-14-12-23-18-4-2-1-3-16(14)18/h1-4,11-13,23H,5-10H2,(H,22,26). The van der Waals surface area contributed by atoms with E-state index in [9.17, 15) is 4.79 Å². The second kappa shape index (κ2) is 8.10. The van der Waals surface area contributed by atoms with Gasteiger partial charge in [0.2, 0.25) is 0 Å². The first-order valence-electron chi connectivity index (χ1n) is 9.04. The number of hydrogen-bond acceptors (Lipinski definition) is 4. The second-order valence-corrected chi connectivity index (χ2v) is 7.41. The van der Waals surface area contributed by atoms with E-state index in [2.05, 4.69) is 48.2 Å². The van der Waals surface area contributed by atoms with Crippen molar-refractivity contribution >= 4 is 38.6 Å². The van der Waals surface area contributed by atoms with Gasteiger partial charge in [-0.15, -0.1) is 0 Å². The van der Waals surface area contributed by atoms with Crippen LogP contribution in [0.25, 0.3) is 10.9 Å². The zero-order chi connectivity index (χ0) is 18.6. The molecule has 0 saturated carbocycles. The fourth-order valence-corrected chi connectivity index (χ4v) is 3.70. The molecule has 7 heteroatoms. The maximum Gasteiger partial charge on any atom is 0.255 e. The number of pyridine rings is 1. The number of H-pyrrole nitrogens is 1. The Morgan fingerprint density at radius 2 is 2.11 bits per heavy atom. The monoisotopic (exact) mass is 428 g/mol. The summed E-state index contributed by atoms with van der Waals surface area (Å²) in [6.45, 7) is 3.35. The van der Waals surface area contributed by atoms with Gasteiger partial charge in [0.15, 0.2) is 0 Å². The third-order valence-corrected chi connectivity index (χ3v) is 5.18. The van der Waals surface area contributed by atoms with E-state index in [1.54, 1.807) is 6.20 Å². The Hall–Kier alpha value is -2.38. The second-order valence-electron chi connectivity index (χ2n) is 6.49. The molecule has 1 aliphatic heterocycles. The van der Waals surface area contributed by atoms with Gasteiger partial charge in [-0.1, -0.05) is 18.2 Å². The highest BCUT2D eigenvalue weighted by Gasteiger charge is 2.20. The van der Waals surface area contributed by atoms with Crippen molar-refractivity contribution in [1.82, 2.24) is 15.3 Å². The average molecular weight is 429 g/mol. The molecule has 2 aromatic heterocycles. The van der Waals surface area contributed by atoms with Crippen LogP contribution in [0.1, 0.15) is 15.9 Å². The predicted molar refractivity (Wildman–Crippen MR) is 109 cm³/mol. The highest BCUT2D eigenvalue weighted by molar-refractivity contribution is 9.10. The number of carbonyl (C=O) groups excluding carboxylic acids is 1. The topological polar surface area (TPSA) is 70.2 Å². The van der Waals surface area contributed by atoms with Crippen LogP contribution in [0.4, 0.5) is 5.82 Å². The molecule has 0 atom stereocenters. The van der Waals surface area contributed by atoms with Crippen molar-refractivity contribution in [1.29, 1.82) is 0 Å². The van der Waals surface area contributed by atoms with Crippen LogP contribution in [0, 0.1) is 0 Å². The van der Waals surface area contributed by atoms with Gasteiger partial charge in [-0.2, -0.15) is 0 Å². The van der Waals surface area contributed by atoms with Crippen LogP contribution in [-0.4, -0.2) is 48.7 Å². The summed E-state index contributed by atoms with van der Waals surface area (Å²) in [5.74, 6) is 0.608. The molecule has 1 saturated heterocycles. The number of rotatable bonds is 5. The molecule has 140 valence electrons. The number of halogens is 1. The molecular weight excluding hydrogens is 408 g/mol. The van der Waals surface area contributed by atoms with Crippen molar-refractivity contribution in [3.05, 3.63) is 58.3 Å². The first-order chi connectivity index (χ1) is 13.2. The first-order valence-corrected chi connectivity index (χ1v) is 9.83. The lowest BCUT2D eigenvalue weighted by molar-refractivity contribution is 0.0952. The number of aromatic amines is 1. The van der Waals surface area contributed by atoms with Crippen molar-refractivity contribution in [3.63, 3.8) is 0 Å². The van der Waals surface area contributed by atoms with Crippen LogP contribution >= 0.6 is 15.9 Å². The van der Waals surface area contributed by atoms with Crippen LogP contribution in [0.2, 0.25) is 0 Å². The van der Waals surface area contributed by atoms with E-state index in [-0.39, 0.29) is 5.91 Å². The summed E-state index contributed by atoms with van der Waals surface area (Å²) < 4.78 is 6.20. The highest BCUT2D eigenvalue weighted by Crippen LogP contribution is 2.23. The number of benzene rings is 1. The van der Waals surface area contributed by atoms with Crippen LogP contribution in [-0.2, 0) is 11.2 Å². The number of ether oxygens (including phenoxy) is 1. The molecule has 0 aliphatic carbocycles. The molecule has 4 rings (SSSR count). The van der Waals surface area contributed by atoms with E-state index < -0.39 is 0 Å². The maximum absolute atomic E-state index is 12.8. The predicted octanol–water partition coefficient (Wildman–Crippen LogP) is 3.13. The van der Waals surface area contributed by atoms with E-state index >= 15 is 0 Å². The number of carbonyl (C=O) groups is 1. The normalized spacial score (nSPS) is 14.5. The van der Waals surface area contributed by atoms with Crippen molar-refractivity contribution in [2.75, 3.05) is 37.7 Å². The molecule has 0 radical (unpaired) electrons. The van der Waals surface area contributed by atoms with Crippen LogP contribution < -0.4 is 10.2 Å². The Kier molecular flexibility index (Phi) is 5.40. The number of hydrogen-bond donors (Lipinski definition) is 2. The van der Waals surface area contributed by atoms with Gasteiger partial charge in [-0.3, -0.25) is 4.79 Å². The van der Waals surface area contributed by atoms with E-state index in [4.69, 9.17) is 4.74 Å². The lowest BCUT2D eigenvalue weighted by Gasteiger charge is -2.29. The third kappa shape index (κ3) is 3.99. The number of anilines is 1. The summed E-state index contributed by atoms with van der Waals surface area (Å²) >= 11 is 3.43. The van der Waals surface area contributed by atoms with Crippen molar-refractivity contribution in [3.8, 4) is 0 Å². The van der Waals surface area contributed by atoms with E-state index in [1.165, 1.54) is 10.9 Å². The minimum Gasteiger partial charge on any atom is -0.378 e. The van der Waals surface area contributed by atoms with Crippen LogP contribution in [0.5, 0.6) is 0 Å². The maximum atomic E-state index is 12.8. The molecule has 3 heterocycles. The smallest absolute Gasteiger partial charge is 0.255 e. The summed E-state index contributed by atoms with van der Waals surface area (Å²) in [6.07, 6.45) is 4.51. The van der Waals surface area contributed by atoms with Gasteiger partial charge in [0.25, 0.3) is 5.91 Å². The molecule has 2 N–H and O–H groups in total. The Morgan fingerprint density at radius 3 is 2.96 bits per heavy atom. The Balaban J connectivity index is 1.45. The minimum absolute atomic E-state index is 0.106. The van der Waals surface area contributed by atoms with Crippen molar-refractivity contribution < 1.29 is 9.53 Å². The lowest BCUT2D eigenvalue weighted by Crippen LogP contribution is -2.38. The van der Waals surface area contributed by atoms with Crippen molar-refractivity contribution in [2.24, 2.45) is 0 Å². The summed E-state index contributed by atoms with van der Waals surface area (Å²) in [5, 5.41) is 4.24. The quantitative estimate of drug-likeness (QED) is 0.654. The van der Waals surface area contributed by atoms with Gasteiger partial charge in [-0.25, -0.2) is 4.98 Å². The lowest BCUT2D eigenvalue weighted by atomic mass is 10.1. The Bertz CT molecular complexity index is 950. The number of nitrogens with one attached hydrogen (secondary N) is 2. The largest absolute Gasteiger partial charge is 0.378 e. The Morgan fingerprint density at radius 1 is 1.30 bits per heavy atom. The molecule has 1 fully saturated rings. The average Bonchev–Trinajstić information content (AvgIpc) is 3.12. The number of nitrogens with zero attached hydrogens (tertiary/aromatic N) is 2. The van der Waals surface area contributed by atoms with Gasteiger partial charge >= 0.3 is 0 Å². The zero-order valence-corrected chi connectivity index (χ0v) is 16.5. The molecule has 1 aromatic carbocycles. The number of fused-ring (bicyclic) bond motifs is 1. The zero-order valence-electron chi connectivity index (χ0n) is 14.9. The molecule has 0 spiro atoms. The van der Waals surface area contributed by atoms with E-state index in [0.29, 0.717) is 31.1 Å². The van der Waals surface area contributed by atoms with E-state index in [0.717, 1.165) is 29.5 Å². The van der Waals surface area contributed by atoms with E-state index in [1.807, 2.05) is 24.4 Å². The van der Waals surface area contributed by atoms with Gasteiger partial charge < -0.3 is 19.9 Å². The molecule has 1 aliphatic rings. The molecule has 6 nitrogen and oxygen atoms in total. The fraction of sp³-hybridized carbons (Fsp3) is 0.300. The molecule has 27 heavy (non-hydrogen) atoms. The molecule has 0 bridgehead atoms. The van der Waals surface area contributed by atoms with Gasteiger partial charge in [-0.05, 0) is 40.0 Å². The Labute approximate surface area is 166 Å². The number of para-hydroxylation sites is 1. The van der Waals surface area contributed by atoms with Gasteiger partial charge in [0.1, 0.15) is 5.82 Å². The minimum atomic E-state index is -0.106. The molecule has 3 aromatic rings. The summed E-state index contributed by atoms with van der Waals surface area (Å²) in [6, 6.07) is 10.0. The number of aromatic nitrogens is 2. The fourth-order valence-electron chi connectivity index (χ4n) is 3.37. The highest BCUT2D eigenvalue weighted by atomic mass is 79.9. The number of morpholine rings is 1. The van der Waals surface area contributed by atoms with Crippen LogP contribution in [0.15, 0.2) is 47.2 Å². The third-order valence-electron chi connectivity index (χ3n) is 4.74. The first kappa shape index (κ1) is 18.0. The van der Waals surface area contributed by atoms with Crippen molar-refractivity contribution in [2.45, 2.75) is 6.42 Å². The number of amides is 1. The SMILES string of the molecule is O=C(NCCc1c[nH]c2ccccc12)c1cc(Br)cnc1N1CCOCC1. The molecule has 1 amide bonds. The van der Waals surface area contributed by atoms with Gasteiger partial charge in [0.05, 0.1) is 18.8 Å². The summed E-state index contributed by atoms with van der Waals surface area (Å²) in [7, 11) is 0. The summed E-state index contributed by atoms with van der Waals surface area (Å²) in [4.78, 5) is 22.7. The summed E-state index contributed by atoms with van der Waals surface area (Å²) in [5.41, 5.74) is 2.90.